The molecule has 3 rings (SSSR count). The summed E-state index contributed by atoms with van der Waals surface area (Å²) in [6.07, 6.45) is 3.83. The van der Waals surface area contributed by atoms with Crippen LogP contribution in [0.5, 0.6) is 0 Å². The molecule has 2 heterocycles. The lowest BCUT2D eigenvalue weighted by Gasteiger charge is -2.25. The number of amides is 2. The Labute approximate surface area is 157 Å². The Morgan fingerprint density at radius 3 is 2.58 bits per heavy atom. The minimum absolute atomic E-state index is 0.0732. The summed E-state index contributed by atoms with van der Waals surface area (Å²) in [6.45, 7) is 5.05. The van der Waals surface area contributed by atoms with Crippen molar-refractivity contribution in [2.45, 2.75) is 39.3 Å². The van der Waals surface area contributed by atoms with Crippen LogP contribution in [0.25, 0.3) is 0 Å². The highest BCUT2D eigenvalue weighted by Crippen LogP contribution is 2.19. The molecule has 2 aromatic rings. The third kappa shape index (κ3) is 5.37. The highest BCUT2D eigenvalue weighted by Gasteiger charge is 2.13. The number of aromatic nitrogens is 1. The highest BCUT2D eigenvalue weighted by molar-refractivity contribution is 7.13. The van der Waals surface area contributed by atoms with Gasteiger partial charge >= 0.3 is 0 Å². The monoisotopic (exact) mass is 372 g/mol. The number of hydrogen-bond acceptors (Lipinski definition) is 5. The van der Waals surface area contributed by atoms with E-state index in [4.69, 9.17) is 0 Å². The molecule has 2 N–H and O–H groups in total. The lowest BCUT2D eigenvalue weighted by atomic mass is 10.1. The van der Waals surface area contributed by atoms with Crippen LogP contribution in [-0.2, 0) is 17.9 Å². The van der Waals surface area contributed by atoms with Crippen LogP contribution in [0.1, 0.15) is 47.8 Å². The van der Waals surface area contributed by atoms with Gasteiger partial charge in [0.25, 0.3) is 5.91 Å². The predicted molar refractivity (Wildman–Crippen MR) is 103 cm³/mol. The Bertz CT molecular complexity index is 751. The van der Waals surface area contributed by atoms with Crippen LogP contribution in [-0.4, -0.2) is 34.8 Å². The van der Waals surface area contributed by atoms with Gasteiger partial charge in [-0.2, -0.15) is 0 Å². The molecule has 6 nitrogen and oxygen atoms in total. The second-order valence-corrected chi connectivity index (χ2v) is 7.40. The van der Waals surface area contributed by atoms with E-state index in [0.29, 0.717) is 17.2 Å². The summed E-state index contributed by atoms with van der Waals surface area (Å²) in [5, 5.41) is 8.24. The first-order valence-electron chi connectivity index (χ1n) is 8.91. The molecule has 0 radical (unpaired) electrons. The van der Waals surface area contributed by atoms with Crippen LogP contribution in [0.15, 0.2) is 29.6 Å². The fraction of sp³-hybridized carbons (Fsp3) is 0.421. The number of benzene rings is 1. The molecule has 0 atom stereocenters. The van der Waals surface area contributed by atoms with Crippen molar-refractivity contribution in [2.24, 2.45) is 0 Å². The van der Waals surface area contributed by atoms with Crippen molar-refractivity contribution >= 4 is 28.3 Å². The predicted octanol–water partition coefficient (Wildman–Crippen LogP) is 3.02. The van der Waals surface area contributed by atoms with Crippen molar-refractivity contribution in [2.75, 3.05) is 18.4 Å². The third-order valence-electron chi connectivity index (χ3n) is 4.36. The number of carbonyl (C=O) groups excluding carboxylic acids is 2. The summed E-state index contributed by atoms with van der Waals surface area (Å²) in [5.41, 5.74) is 2.54. The molecule has 1 aliphatic heterocycles. The topological polar surface area (TPSA) is 74.3 Å². The maximum absolute atomic E-state index is 12.4. The summed E-state index contributed by atoms with van der Waals surface area (Å²) in [6, 6.07) is 7.20. The molecule has 0 aliphatic carbocycles. The molecule has 2 amide bonds. The van der Waals surface area contributed by atoms with Gasteiger partial charge in [0.2, 0.25) is 5.91 Å². The zero-order valence-corrected chi connectivity index (χ0v) is 15.8. The number of piperidine rings is 1. The summed E-state index contributed by atoms with van der Waals surface area (Å²) in [7, 11) is 0. The zero-order chi connectivity index (χ0) is 18.4. The Kier molecular flexibility index (Phi) is 6.35. The van der Waals surface area contributed by atoms with Crippen molar-refractivity contribution in [1.29, 1.82) is 0 Å². The van der Waals surface area contributed by atoms with Crippen LogP contribution in [0.3, 0.4) is 0 Å². The average Bonchev–Trinajstić information content (AvgIpc) is 3.08. The first kappa shape index (κ1) is 18.5. The van der Waals surface area contributed by atoms with E-state index >= 15 is 0 Å². The van der Waals surface area contributed by atoms with Crippen molar-refractivity contribution < 1.29 is 9.59 Å². The molecule has 0 spiro atoms. The molecule has 1 fully saturated rings. The molecule has 1 aromatic heterocycles. The number of anilines is 1. The van der Waals surface area contributed by atoms with Crippen molar-refractivity contribution in [3.63, 3.8) is 0 Å². The van der Waals surface area contributed by atoms with Gasteiger partial charge in [0.15, 0.2) is 5.13 Å². The molecule has 0 bridgehead atoms. The molecule has 1 aromatic carbocycles. The quantitative estimate of drug-likeness (QED) is 0.817. The van der Waals surface area contributed by atoms with Crippen molar-refractivity contribution in [3.05, 3.63) is 46.5 Å². The van der Waals surface area contributed by atoms with Crippen LogP contribution in [0.4, 0.5) is 5.13 Å². The number of likely N-dealkylation sites (tertiary alicyclic amines) is 1. The van der Waals surface area contributed by atoms with E-state index in [2.05, 4.69) is 20.5 Å². The van der Waals surface area contributed by atoms with Crippen LogP contribution in [0, 0.1) is 0 Å². The Morgan fingerprint density at radius 1 is 1.15 bits per heavy atom. The first-order chi connectivity index (χ1) is 12.6. The van der Waals surface area contributed by atoms with Crippen LogP contribution < -0.4 is 10.6 Å². The normalized spacial score (nSPS) is 14.8. The molecular formula is C19H24N4O2S. The molecule has 1 aliphatic rings. The second kappa shape index (κ2) is 8.91. The fourth-order valence-electron chi connectivity index (χ4n) is 2.95. The lowest BCUT2D eigenvalue weighted by Crippen LogP contribution is -2.29. The van der Waals surface area contributed by atoms with Crippen LogP contribution >= 0.6 is 11.3 Å². The minimum atomic E-state index is -0.171. The fourth-order valence-corrected chi connectivity index (χ4v) is 3.65. The molecule has 26 heavy (non-hydrogen) atoms. The van der Waals surface area contributed by atoms with Gasteiger partial charge in [0.05, 0.1) is 5.69 Å². The average molecular weight is 372 g/mol. The van der Waals surface area contributed by atoms with Crippen molar-refractivity contribution in [3.8, 4) is 0 Å². The van der Waals surface area contributed by atoms with E-state index in [0.717, 1.165) is 30.9 Å². The minimum Gasteiger partial charge on any atom is -0.352 e. The number of nitrogens with zero attached hydrogens (tertiary/aromatic N) is 2. The van der Waals surface area contributed by atoms with E-state index in [1.54, 1.807) is 12.1 Å². The van der Waals surface area contributed by atoms with Gasteiger partial charge in [-0.15, -0.1) is 11.3 Å². The number of hydrogen-bond donors (Lipinski definition) is 2. The van der Waals surface area contributed by atoms with Gasteiger partial charge in [-0.3, -0.25) is 19.8 Å². The standard InChI is InChI=1S/C19H24N4O2S/c1-14(24)20-11-15-5-7-16(8-6-15)18(25)22-19-21-17(13-26-19)12-23-9-3-2-4-10-23/h5-8,13H,2-4,9-12H2,1H3,(H,20,24)(H,21,22,25). The van der Waals surface area contributed by atoms with Gasteiger partial charge in [-0.25, -0.2) is 4.98 Å². The van der Waals surface area contributed by atoms with Gasteiger partial charge in [0, 0.05) is 31.0 Å². The molecule has 7 heteroatoms. The third-order valence-corrected chi connectivity index (χ3v) is 5.17. The zero-order valence-electron chi connectivity index (χ0n) is 15.0. The van der Waals surface area contributed by atoms with E-state index in [1.165, 1.54) is 37.5 Å². The highest BCUT2D eigenvalue weighted by atomic mass is 32.1. The molecule has 0 unspecified atom stereocenters. The summed E-state index contributed by atoms with van der Waals surface area (Å²) in [5.74, 6) is -0.245. The maximum atomic E-state index is 12.4. The molecule has 138 valence electrons. The van der Waals surface area contributed by atoms with Crippen LogP contribution in [0.2, 0.25) is 0 Å². The molecule has 1 saturated heterocycles. The summed E-state index contributed by atoms with van der Waals surface area (Å²) < 4.78 is 0. The second-order valence-electron chi connectivity index (χ2n) is 6.54. The smallest absolute Gasteiger partial charge is 0.257 e. The lowest BCUT2D eigenvalue weighted by molar-refractivity contribution is -0.119. The maximum Gasteiger partial charge on any atom is 0.257 e. The van der Waals surface area contributed by atoms with E-state index in [-0.39, 0.29) is 11.8 Å². The number of rotatable bonds is 6. The van der Waals surface area contributed by atoms with E-state index in [1.807, 2.05) is 17.5 Å². The number of thiazole rings is 1. The number of carbonyl (C=O) groups is 2. The van der Waals surface area contributed by atoms with Gasteiger partial charge in [-0.1, -0.05) is 18.6 Å². The Balaban J connectivity index is 1.53. The molecular weight excluding hydrogens is 348 g/mol. The first-order valence-corrected chi connectivity index (χ1v) is 9.79. The molecule has 0 saturated carbocycles. The number of nitrogens with one attached hydrogen (secondary N) is 2. The largest absolute Gasteiger partial charge is 0.352 e. The Hall–Kier alpha value is -2.25. The summed E-state index contributed by atoms with van der Waals surface area (Å²) in [4.78, 5) is 30.3. The SMILES string of the molecule is CC(=O)NCc1ccc(C(=O)Nc2nc(CN3CCCCC3)cs2)cc1. The Morgan fingerprint density at radius 2 is 1.88 bits per heavy atom. The van der Waals surface area contributed by atoms with Gasteiger partial charge < -0.3 is 5.32 Å². The van der Waals surface area contributed by atoms with Crippen molar-refractivity contribution in [1.82, 2.24) is 15.2 Å². The van der Waals surface area contributed by atoms with Gasteiger partial charge in [0.1, 0.15) is 0 Å². The van der Waals surface area contributed by atoms with E-state index < -0.39 is 0 Å². The summed E-state index contributed by atoms with van der Waals surface area (Å²) >= 11 is 1.46. The van der Waals surface area contributed by atoms with E-state index in [9.17, 15) is 9.59 Å². The van der Waals surface area contributed by atoms with Gasteiger partial charge in [-0.05, 0) is 43.6 Å².